The van der Waals surface area contributed by atoms with Crippen molar-refractivity contribution in [3.05, 3.63) is 35.0 Å². The van der Waals surface area contributed by atoms with E-state index in [0.29, 0.717) is 18.1 Å². The lowest BCUT2D eigenvalue weighted by atomic mass is 10.0. The van der Waals surface area contributed by atoms with Crippen molar-refractivity contribution in [3.63, 3.8) is 0 Å². The van der Waals surface area contributed by atoms with Crippen LogP contribution in [-0.4, -0.2) is 30.6 Å². The van der Waals surface area contributed by atoms with Crippen LogP contribution in [0.5, 0.6) is 0 Å². The number of carbonyl (C=O) groups is 1. The number of benzene rings is 1. The van der Waals surface area contributed by atoms with Crippen LogP contribution in [0.2, 0.25) is 0 Å². The van der Waals surface area contributed by atoms with E-state index in [2.05, 4.69) is 31.1 Å². The number of aromatic nitrogens is 1. The van der Waals surface area contributed by atoms with Crippen molar-refractivity contribution in [1.29, 1.82) is 0 Å². The zero-order chi connectivity index (χ0) is 15.6. The van der Waals surface area contributed by atoms with Gasteiger partial charge in [0.1, 0.15) is 0 Å². The van der Waals surface area contributed by atoms with Crippen LogP contribution < -0.4 is 5.32 Å². The molecule has 4 nitrogen and oxygen atoms in total. The molecule has 0 radical (unpaired) electrons. The summed E-state index contributed by atoms with van der Waals surface area (Å²) >= 11 is 0. The molecule has 0 aliphatic rings. The largest absolute Gasteiger partial charge is 0.383 e. The Morgan fingerprint density at radius 3 is 2.67 bits per heavy atom. The normalized spacial score (nSPS) is 12.9. The van der Waals surface area contributed by atoms with E-state index in [0.717, 1.165) is 16.6 Å². The van der Waals surface area contributed by atoms with Crippen molar-refractivity contribution in [3.8, 4) is 0 Å². The Balaban J connectivity index is 2.24. The number of carbonyl (C=O) groups excluding carboxylic acids is 1. The van der Waals surface area contributed by atoms with E-state index in [-0.39, 0.29) is 11.9 Å². The second-order valence-corrected chi connectivity index (χ2v) is 5.91. The highest BCUT2D eigenvalue weighted by Crippen LogP contribution is 2.22. The molecule has 1 aromatic carbocycles. The maximum Gasteiger partial charge on any atom is 0.251 e. The lowest BCUT2D eigenvalue weighted by Gasteiger charge is -2.21. The molecule has 2 rings (SSSR count). The van der Waals surface area contributed by atoms with Gasteiger partial charge < -0.3 is 15.0 Å². The number of fused-ring (bicyclic) bond motifs is 1. The summed E-state index contributed by atoms with van der Waals surface area (Å²) in [5.74, 6) is 0.278. The highest BCUT2D eigenvalue weighted by atomic mass is 16.5. The molecular weight excluding hydrogens is 264 g/mol. The molecule has 21 heavy (non-hydrogen) atoms. The maximum absolute atomic E-state index is 12.4. The standard InChI is InChI=1S/C17H24N2O2/c1-10(2)16(9-21-5)19-17(20)13-6-7-15-14(8-13)11(3)12(4)18-15/h6-8,10,16,18H,9H2,1-5H3,(H,19,20). The number of nitrogens with one attached hydrogen (secondary N) is 2. The Labute approximate surface area is 125 Å². The van der Waals surface area contributed by atoms with Crippen molar-refractivity contribution in [2.24, 2.45) is 5.92 Å². The number of hydrogen-bond acceptors (Lipinski definition) is 2. The molecule has 114 valence electrons. The Hall–Kier alpha value is -1.81. The van der Waals surface area contributed by atoms with Gasteiger partial charge in [-0.3, -0.25) is 4.79 Å². The minimum absolute atomic E-state index is 0.0206. The van der Waals surface area contributed by atoms with E-state index in [4.69, 9.17) is 4.74 Å². The number of amides is 1. The number of aromatic amines is 1. The molecule has 2 aromatic rings. The van der Waals surface area contributed by atoms with Gasteiger partial charge in [0.05, 0.1) is 12.6 Å². The molecule has 1 amide bonds. The molecule has 1 unspecified atom stereocenters. The third-order valence-corrected chi connectivity index (χ3v) is 4.04. The predicted molar refractivity (Wildman–Crippen MR) is 85.7 cm³/mol. The average Bonchev–Trinajstić information content (AvgIpc) is 2.73. The Bertz CT molecular complexity index is 644. The second kappa shape index (κ2) is 6.31. The first-order valence-corrected chi connectivity index (χ1v) is 7.32. The van der Waals surface area contributed by atoms with Crippen molar-refractivity contribution in [1.82, 2.24) is 10.3 Å². The molecule has 1 atom stereocenters. The van der Waals surface area contributed by atoms with Crippen LogP contribution in [0.4, 0.5) is 0 Å². The van der Waals surface area contributed by atoms with Gasteiger partial charge in [0.25, 0.3) is 5.91 Å². The van der Waals surface area contributed by atoms with Crippen LogP contribution in [0, 0.1) is 19.8 Å². The lowest BCUT2D eigenvalue weighted by Crippen LogP contribution is -2.41. The summed E-state index contributed by atoms with van der Waals surface area (Å²) in [7, 11) is 1.65. The van der Waals surface area contributed by atoms with Gasteiger partial charge in [-0.2, -0.15) is 0 Å². The van der Waals surface area contributed by atoms with E-state index >= 15 is 0 Å². The van der Waals surface area contributed by atoms with Crippen LogP contribution in [0.25, 0.3) is 10.9 Å². The van der Waals surface area contributed by atoms with Crippen molar-refractivity contribution >= 4 is 16.8 Å². The van der Waals surface area contributed by atoms with E-state index in [9.17, 15) is 4.79 Å². The van der Waals surface area contributed by atoms with Crippen LogP contribution >= 0.6 is 0 Å². The SMILES string of the molecule is COCC(NC(=O)c1ccc2[nH]c(C)c(C)c2c1)C(C)C. The summed E-state index contributed by atoms with van der Waals surface area (Å²) in [4.78, 5) is 15.7. The summed E-state index contributed by atoms with van der Waals surface area (Å²) < 4.78 is 5.17. The molecule has 0 aliphatic carbocycles. The molecular formula is C17H24N2O2. The van der Waals surface area contributed by atoms with Crippen LogP contribution in [0.3, 0.4) is 0 Å². The van der Waals surface area contributed by atoms with Gasteiger partial charge in [-0.25, -0.2) is 0 Å². The van der Waals surface area contributed by atoms with Gasteiger partial charge in [-0.1, -0.05) is 13.8 Å². The molecule has 0 saturated carbocycles. The predicted octanol–water partition coefficient (Wildman–Crippen LogP) is 3.19. The summed E-state index contributed by atoms with van der Waals surface area (Å²) in [6.45, 7) is 8.79. The molecule has 0 spiro atoms. The summed E-state index contributed by atoms with van der Waals surface area (Å²) in [6.07, 6.45) is 0. The molecule has 2 N–H and O–H groups in total. The third-order valence-electron chi connectivity index (χ3n) is 4.04. The number of ether oxygens (including phenoxy) is 1. The van der Waals surface area contributed by atoms with Crippen molar-refractivity contribution in [2.45, 2.75) is 33.7 Å². The summed E-state index contributed by atoms with van der Waals surface area (Å²) in [5.41, 5.74) is 4.09. The monoisotopic (exact) mass is 288 g/mol. The van der Waals surface area contributed by atoms with Gasteiger partial charge in [-0.05, 0) is 43.5 Å². The molecule has 0 aliphatic heterocycles. The van der Waals surface area contributed by atoms with Crippen molar-refractivity contribution in [2.75, 3.05) is 13.7 Å². The molecule has 1 aromatic heterocycles. The first-order valence-electron chi connectivity index (χ1n) is 7.32. The summed E-state index contributed by atoms with van der Waals surface area (Å²) in [6, 6.07) is 5.79. The minimum atomic E-state index is -0.0501. The fraction of sp³-hybridized carbons (Fsp3) is 0.471. The minimum Gasteiger partial charge on any atom is -0.383 e. The first-order chi connectivity index (χ1) is 9.93. The highest BCUT2D eigenvalue weighted by Gasteiger charge is 2.17. The fourth-order valence-electron chi connectivity index (χ4n) is 2.43. The quantitative estimate of drug-likeness (QED) is 0.887. The van der Waals surface area contributed by atoms with E-state index in [1.165, 1.54) is 5.56 Å². The average molecular weight is 288 g/mol. The van der Waals surface area contributed by atoms with Gasteiger partial charge in [-0.15, -0.1) is 0 Å². The Morgan fingerprint density at radius 1 is 1.33 bits per heavy atom. The van der Waals surface area contributed by atoms with Gasteiger partial charge in [0.2, 0.25) is 0 Å². The van der Waals surface area contributed by atoms with E-state index in [1.54, 1.807) is 7.11 Å². The number of aryl methyl sites for hydroxylation is 2. The first kappa shape index (κ1) is 15.6. The van der Waals surface area contributed by atoms with Gasteiger partial charge in [0.15, 0.2) is 0 Å². The van der Waals surface area contributed by atoms with E-state index < -0.39 is 0 Å². The molecule has 0 saturated heterocycles. The van der Waals surface area contributed by atoms with Crippen LogP contribution in [-0.2, 0) is 4.74 Å². The lowest BCUT2D eigenvalue weighted by molar-refractivity contribution is 0.0867. The Kier molecular flexibility index (Phi) is 4.68. The van der Waals surface area contributed by atoms with Crippen LogP contribution in [0.15, 0.2) is 18.2 Å². The van der Waals surface area contributed by atoms with Crippen LogP contribution in [0.1, 0.15) is 35.5 Å². The second-order valence-electron chi connectivity index (χ2n) is 5.91. The molecule has 1 heterocycles. The molecule has 0 bridgehead atoms. The summed E-state index contributed by atoms with van der Waals surface area (Å²) in [5, 5.41) is 4.16. The maximum atomic E-state index is 12.4. The topological polar surface area (TPSA) is 54.1 Å². The molecule has 4 heteroatoms. The number of methoxy groups -OCH3 is 1. The third kappa shape index (κ3) is 3.27. The Morgan fingerprint density at radius 2 is 2.05 bits per heavy atom. The zero-order valence-corrected chi connectivity index (χ0v) is 13.4. The zero-order valence-electron chi connectivity index (χ0n) is 13.4. The highest BCUT2D eigenvalue weighted by molar-refractivity contribution is 5.99. The number of rotatable bonds is 5. The number of hydrogen-bond donors (Lipinski definition) is 2. The van der Waals surface area contributed by atoms with Gasteiger partial charge >= 0.3 is 0 Å². The van der Waals surface area contributed by atoms with Crippen molar-refractivity contribution < 1.29 is 9.53 Å². The molecule has 0 fully saturated rings. The fourth-order valence-corrected chi connectivity index (χ4v) is 2.43. The van der Waals surface area contributed by atoms with Gasteiger partial charge in [0, 0.05) is 29.3 Å². The number of H-pyrrole nitrogens is 1. The smallest absolute Gasteiger partial charge is 0.251 e. The van der Waals surface area contributed by atoms with E-state index in [1.807, 2.05) is 25.1 Å².